The van der Waals surface area contributed by atoms with Gasteiger partial charge in [0.1, 0.15) is 0 Å². The third-order valence-electron chi connectivity index (χ3n) is 2.66. The van der Waals surface area contributed by atoms with Crippen LogP contribution in [0.5, 0.6) is 5.75 Å². The fourth-order valence-corrected chi connectivity index (χ4v) is 1.64. The largest absolute Gasteiger partial charge is 0.490 e. The molecule has 7 heteroatoms. The summed E-state index contributed by atoms with van der Waals surface area (Å²) in [5.74, 6) is -2.25. The molecule has 0 radical (unpaired) electrons. The van der Waals surface area contributed by atoms with Crippen molar-refractivity contribution in [2.24, 2.45) is 10.8 Å². The Hall–Kier alpha value is -2.18. The summed E-state index contributed by atoms with van der Waals surface area (Å²) in [5.41, 5.74) is 7.04. The van der Waals surface area contributed by atoms with Crippen LogP contribution in [-0.2, 0) is 0 Å². The van der Waals surface area contributed by atoms with Crippen molar-refractivity contribution in [3.8, 4) is 5.75 Å². The van der Waals surface area contributed by atoms with Crippen LogP contribution in [0.15, 0.2) is 17.2 Å². The lowest BCUT2D eigenvalue weighted by Crippen LogP contribution is -2.24. The number of hydrazone groups is 1. The van der Waals surface area contributed by atoms with Crippen LogP contribution in [-0.4, -0.2) is 18.9 Å². The van der Waals surface area contributed by atoms with Crippen LogP contribution in [0.1, 0.15) is 38.2 Å². The Balaban J connectivity index is 2.67. The third-order valence-corrected chi connectivity index (χ3v) is 2.66. The number of carbonyl (C=O) groups excluding carboxylic acids is 1. The highest BCUT2D eigenvalue weighted by atomic mass is 19.2. The van der Waals surface area contributed by atoms with E-state index in [-0.39, 0.29) is 11.3 Å². The van der Waals surface area contributed by atoms with E-state index >= 15 is 0 Å². The molecule has 5 nitrogen and oxygen atoms in total. The van der Waals surface area contributed by atoms with Crippen molar-refractivity contribution in [3.05, 3.63) is 29.3 Å². The predicted octanol–water partition coefficient (Wildman–Crippen LogP) is 2.93. The molecule has 2 amide bonds. The summed E-state index contributed by atoms with van der Waals surface area (Å²) in [4.78, 5) is 10.4. The molecule has 0 aromatic heterocycles. The molecule has 0 spiro atoms. The van der Waals surface area contributed by atoms with E-state index in [0.717, 1.165) is 38.0 Å². The van der Waals surface area contributed by atoms with E-state index in [0.29, 0.717) is 6.61 Å². The Morgan fingerprint density at radius 2 is 2.14 bits per heavy atom. The highest BCUT2D eigenvalue weighted by Crippen LogP contribution is 2.22. The number of ether oxygens (including phenoxy) is 1. The monoisotopic (exact) mass is 299 g/mol. The lowest BCUT2D eigenvalue weighted by Gasteiger charge is -2.08. The molecule has 0 aliphatic heterocycles. The number of nitrogens with one attached hydrogen (secondary N) is 1. The number of rotatable bonds is 8. The van der Waals surface area contributed by atoms with Gasteiger partial charge < -0.3 is 10.5 Å². The van der Waals surface area contributed by atoms with Gasteiger partial charge in [-0.05, 0) is 18.6 Å². The highest BCUT2D eigenvalue weighted by Gasteiger charge is 2.11. The van der Waals surface area contributed by atoms with Gasteiger partial charge in [-0.15, -0.1) is 0 Å². The number of carbonyl (C=O) groups is 1. The Bertz CT molecular complexity index is 507. The molecule has 3 N–H and O–H groups in total. The SMILES string of the molecule is CCCCCCOc1cc(C=NNC(N)=O)cc(F)c1F. The maximum atomic E-state index is 13.6. The summed E-state index contributed by atoms with van der Waals surface area (Å²) >= 11 is 0. The van der Waals surface area contributed by atoms with Crippen molar-refractivity contribution in [2.75, 3.05) is 6.61 Å². The van der Waals surface area contributed by atoms with Crippen molar-refractivity contribution < 1.29 is 18.3 Å². The molecule has 21 heavy (non-hydrogen) atoms. The third kappa shape index (κ3) is 6.20. The second-order valence-electron chi connectivity index (χ2n) is 4.46. The molecule has 0 atom stereocenters. The average Bonchev–Trinajstić information content (AvgIpc) is 2.43. The average molecular weight is 299 g/mol. The standard InChI is InChI=1S/C14H19F2N3O2/c1-2-3-4-5-6-21-12-8-10(7-11(15)13(12)16)9-18-19-14(17)20/h7-9H,2-6H2,1H3,(H3,17,19,20). The lowest BCUT2D eigenvalue weighted by molar-refractivity contribution is 0.249. The van der Waals surface area contributed by atoms with Crippen LogP contribution in [0.25, 0.3) is 0 Å². The zero-order valence-electron chi connectivity index (χ0n) is 11.9. The molecule has 0 fully saturated rings. The number of urea groups is 1. The van der Waals surface area contributed by atoms with Crippen molar-refractivity contribution in [1.29, 1.82) is 0 Å². The number of halogens is 2. The maximum absolute atomic E-state index is 13.6. The first-order valence-corrected chi connectivity index (χ1v) is 6.75. The minimum atomic E-state index is -1.04. The Morgan fingerprint density at radius 3 is 2.81 bits per heavy atom. The smallest absolute Gasteiger partial charge is 0.332 e. The summed E-state index contributed by atoms with van der Waals surface area (Å²) in [7, 11) is 0. The summed E-state index contributed by atoms with van der Waals surface area (Å²) in [6.45, 7) is 2.40. The van der Waals surface area contributed by atoms with Gasteiger partial charge in [-0.1, -0.05) is 26.2 Å². The van der Waals surface area contributed by atoms with E-state index in [1.54, 1.807) is 0 Å². The summed E-state index contributed by atoms with van der Waals surface area (Å²) in [5, 5.41) is 3.48. The van der Waals surface area contributed by atoms with Gasteiger partial charge in [-0.3, -0.25) is 0 Å². The van der Waals surface area contributed by atoms with Crippen molar-refractivity contribution in [3.63, 3.8) is 0 Å². The number of benzene rings is 1. The molecule has 0 saturated heterocycles. The Kier molecular flexibility index (Phi) is 7.14. The van der Waals surface area contributed by atoms with E-state index < -0.39 is 17.7 Å². The van der Waals surface area contributed by atoms with E-state index in [1.807, 2.05) is 5.43 Å². The van der Waals surface area contributed by atoms with Crippen LogP contribution < -0.4 is 15.9 Å². The number of amides is 2. The minimum Gasteiger partial charge on any atom is -0.490 e. The number of primary amides is 1. The predicted molar refractivity (Wildman–Crippen MR) is 76.3 cm³/mol. The normalized spacial score (nSPS) is 10.8. The molecule has 0 saturated carbocycles. The molecule has 1 aromatic rings. The van der Waals surface area contributed by atoms with E-state index in [1.165, 1.54) is 6.07 Å². The highest BCUT2D eigenvalue weighted by molar-refractivity contribution is 5.82. The second-order valence-corrected chi connectivity index (χ2v) is 4.46. The van der Waals surface area contributed by atoms with Crippen molar-refractivity contribution in [1.82, 2.24) is 5.43 Å². The molecular weight excluding hydrogens is 280 g/mol. The van der Waals surface area contributed by atoms with Gasteiger partial charge in [0.2, 0.25) is 5.82 Å². The Labute approximate surface area is 122 Å². The van der Waals surface area contributed by atoms with Crippen LogP contribution in [0.4, 0.5) is 13.6 Å². The molecule has 1 aromatic carbocycles. The number of nitrogens with zero attached hydrogens (tertiary/aromatic N) is 1. The first kappa shape index (κ1) is 16.9. The zero-order chi connectivity index (χ0) is 15.7. The zero-order valence-corrected chi connectivity index (χ0v) is 11.9. The summed E-state index contributed by atoms with van der Waals surface area (Å²) in [6.07, 6.45) is 5.06. The first-order valence-electron chi connectivity index (χ1n) is 6.75. The molecule has 0 aliphatic rings. The summed E-state index contributed by atoms with van der Waals surface area (Å²) < 4.78 is 32.2. The molecule has 1 rings (SSSR count). The maximum Gasteiger partial charge on any atom is 0.332 e. The van der Waals surface area contributed by atoms with Crippen LogP contribution in [0.3, 0.4) is 0 Å². The molecule has 0 aliphatic carbocycles. The van der Waals surface area contributed by atoms with Gasteiger partial charge >= 0.3 is 6.03 Å². The number of hydrogen-bond donors (Lipinski definition) is 2. The molecule has 0 bridgehead atoms. The fraction of sp³-hybridized carbons (Fsp3) is 0.429. The number of hydrogen-bond acceptors (Lipinski definition) is 3. The minimum absolute atomic E-state index is 0.174. The van der Waals surface area contributed by atoms with E-state index in [4.69, 9.17) is 10.5 Å². The van der Waals surface area contributed by atoms with Crippen LogP contribution in [0.2, 0.25) is 0 Å². The van der Waals surface area contributed by atoms with Crippen LogP contribution >= 0.6 is 0 Å². The van der Waals surface area contributed by atoms with Crippen LogP contribution in [0, 0.1) is 11.6 Å². The van der Waals surface area contributed by atoms with Gasteiger partial charge in [-0.2, -0.15) is 9.49 Å². The number of unbranched alkanes of at least 4 members (excludes halogenated alkanes) is 3. The molecular formula is C14H19F2N3O2. The Morgan fingerprint density at radius 1 is 1.38 bits per heavy atom. The van der Waals surface area contributed by atoms with Crippen molar-refractivity contribution in [2.45, 2.75) is 32.6 Å². The van der Waals surface area contributed by atoms with Gasteiger partial charge in [0, 0.05) is 5.56 Å². The number of nitrogens with two attached hydrogens (primary N) is 1. The summed E-state index contributed by atoms with van der Waals surface area (Å²) in [6, 6.07) is 1.41. The molecule has 0 unspecified atom stereocenters. The fourth-order valence-electron chi connectivity index (χ4n) is 1.64. The lowest BCUT2D eigenvalue weighted by atomic mass is 10.2. The van der Waals surface area contributed by atoms with Crippen molar-refractivity contribution >= 4 is 12.2 Å². The van der Waals surface area contributed by atoms with Gasteiger partial charge in [0.15, 0.2) is 11.6 Å². The topological polar surface area (TPSA) is 76.7 Å². The van der Waals surface area contributed by atoms with E-state index in [9.17, 15) is 13.6 Å². The quantitative estimate of drug-likeness (QED) is 0.440. The van der Waals surface area contributed by atoms with Gasteiger partial charge in [-0.25, -0.2) is 14.6 Å². The molecule has 0 heterocycles. The van der Waals surface area contributed by atoms with Gasteiger partial charge in [0.25, 0.3) is 0 Å². The first-order chi connectivity index (χ1) is 10.0. The second kappa shape index (κ2) is 8.89. The van der Waals surface area contributed by atoms with E-state index in [2.05, 4.69) is 12.0 Å². The van der Waals surface area contributed by atoms with Gasteiger partial charge in [0.05, 0.1) is 12.8 Å². The molecule has 116 valence electrons.